The Labute approximate surface area is 121 Å². The second kappa shape index (κ2) is 8.57. The highest BCUT2D eigenvalue weighted by Crippen LogP contribution is 2.12. The van der Waals surface area contributed by atoms with E-state index in [2.05, 4.69) is 31.7 Å². The van der Waals surface area contributed by atoms with Crippen molar-refractivity contribution in [1.82, 2.24) is 4.90 Å². The maximum Gasteiger partial charge on any atom is 0.119 e. The van der Waals surface area contributed by atoms with Gasteiger partial charge in [-0.3, -0.25) is 4.90 Å². The van der Waals surface area contributed by atoms with Crippen molar-refractivity contribution in [2.45, 2.75) is 39.3 Å². The van der Waals surface area contributed by atoms with Gasteiger partial charge in [-0.1, -0.05) is 6.92 Å². The summed E-state index contributed by atoms with van der Waals surface area (Å²) < 4.78 is 5.54. The average Bonchev–Trinajstić information content (AvgIpc) is 2.45. The van der Waals surface area contributed by atoms with Crippen LogP contribution in [-0.2, 0) is 0 Å². The van der Waals surface area contributed by atoms with Gasteiger partial charge in [0.2, 0.25) is 0 Å². The smallest absolute Gasteiger partial charge is 0.119 e. The molecule has 0 saturated carbocycles. The van der Waals surface area contributed by atoms with Crippen molar-refractivity contribution in [3.8, 4) is 11.8 Å². The molecule has 1 aromatic carbocycles. The molecule has 0 aliphatic carbocycles. The minimum Gasteiger partial charge on any atom is -0.491 e. The van der Waals surface area contributed by atoms with Gasteiger partial charge in [0.15, 0.2) is 0 Å². The highest BCUT2D eigenvalue weighted by molar-refractivity contribution is 5.34. The molecule has 0 aliphatic heterocycles. The third kappa shape index (κ3) is 5.60. The van der Waals surface area contributed by atoms with E-state index in [0.29, 0.717) is 23.9 Å². The zero-order valence-electron chi connectivity index (χ0n) is 12.5. The van der Waals surface area contributed by atoms with E-state index in [-0.39, 0.29) is 6.61 Å². The molecule has 1 atom stereocenters. The Hall–Kier alpha value is -1.57. The molecule has 0 aliphatic rings. The molecule has 0 fully saturated rings. The molecule has 0 radical (unpaired) electrons. The topological polar surface area (TPSA) is 56.5 Å². The van der Waals surface area contributed by atoms with E-state index >= 15 is 0 Å². The number of nitrogens with zero attached hydrogens (tertiary/aromatic N) is 2. The number of benzene rings is 1. The van der Waals surface area contributed by atoms with Crippen LogP contribution in [0.3, 0.4) is 0 Å². The van der Waals surface area contributed by atoms with Crippen LogP contribution in [0.1, 0.15) is 32.8 Å². The molecular formula is C16H24N2O2. The molecule has 0 saturated heterocycles. The first-order chi connectivity index (χ1) is 9.56. The van der Waals surface area contributed by atoms with Crippen LogP contribution in [0.15, 0.2) is 24.3 Å². The molecule has 1 N–H and O–H groups in total. The number of hydrogen-bond acceptors (Lipinski definition) is 4. The number of nitriles is 1. The Kier molecular flexibility index (Phi) is 7.06. The second-order valence-corrected chi connectivity index (χ2v) is 5.19. The Bertz CT molecular complexity index is 423. The summed E-state index contributed by atoms with van der Waals surface area (Å²) >= 11 is 0. The number of rotatable bonds is 8. The lowest BCUT2D eigenvalue weighted by atomic mass is 10.2. The summed E-state index contributed by atoms with van der Waals surface area (Å²) in [4.78, 5) is 2.24. The number of aliphatic hydroxyl groups is 1. The van der Waals surface area contributed by atoms with Crippen molar-refractivity contribution < 1.29 is 9.84 Å². The molecule has 0 bridgehead atoms. The van der Waals surface area contributed by atoms with Crippen LogP contribution < -0.4 is 4.74 Å². The van der Waals surface area contributed by atoms with E-state index in [4.69, 9.17) is 10.00 Å². The van der Waals surface area contributed by atoms with Crippen molar-refractivity contribution in [1.29, 1.82) is 5.26 Å². The van der Waals surface area contributed by atoms with Crippen molar-refractivity contribution in [3.63, 3.8) is 0 Å². The normalized spacial score (nSPS) is 12.4. The maximum atomic E-state index is 10.0. The molecule has 0 spiro atoms. The molecule has 110 valence electrons. The molecule has 0 heterocycles. The van der Waals surface area contributed by atoms with E-state index in [9.17, 15) is 5.11 Å². The quantitative estimate of drug-likeness (QED) is 0.792. The average molecular weight is 276 g/mol. The van der Waals surface area contributed by atoms with E-state index in [1.54, 1.807) is 24.3 Å². The summed E-state index contributed by atoms with van der Waals surface area (Å²) in [6.45, 7) is 8.24. The number of aliphatic hydroxyl groups excluding tert-OH is 1. The van der Waals surface area contributed by atoms with Gasteiger partial charge in [-0.15, -0.1) is 0 Å². The van der Waals surface area contributed by atoms with Crippen molar-refractivity contribution >= 4 is 0 Å². The Morgan fingerprint density at radius 1 is 1.30 bits per heavy atom. The fraction of sp³-hybridized carbons (Fsp3) is 0.562. The first-order valence-electron chi connectivity index (χ1n) is 7.11. The van der Waals surface area contributed by atoms with E-state index in [0.717, 1.165) is 13.0 Å². The summed E-state index contributed by atoms with van der Waals surface area (Å²) in [7, 11) is 0. The van der Waals surface area contributed by atoms with Gasteiger partial charge < -0.3 is 9.84 Å². The van der Waals surface area contributed by atoms with Crippen molar-refractivity contribution in [3.05, 3.63) is 29.8 Å². The van der Waals surface area contributed by atoms with Gasteiger partial charge in [0.05, 0.1) is 11.6 Å². The largest absolute Gasteiger partial charge is 0.491 e. The maximum absolute atomic E-state index is 10.0. The first-order valence-corrected chi connectivity index (χ1v) is 7.11. The summed E-state index contributed by atoms with van der Waals surface area (Å²) in [5.41, 5.74) is 0.604. The van der Waals surface area contributed by atoms with Crippen LogP contribution in [0.25, 0.3) is 0 Å². The van der Waals surface area contributed by atoms with Gasteiger partial charge in [-0.05, 0) is 51.1 Å². The van der Waals surface area contributed by atoms with Crippen molar-refractivity contribution in [2.75, 3.05) is 19.7 Å². The summed E-state index contributed by atoms with van der Waals surface area (Å²) in [6, 6.07) is 9.39. The molecular weight excluding hydrogens is 252 g/mol. The third-order valence-electron chi connectivity index (χ3n) is 3.11. The Morgan fingerprint density at radius 2 is 1.95 bits per heavy atom. The standard InChI is InChI=1S/C16H24N2O2/c1-4-9-18(13(2)3)11-15(19)12-20-16-7-5-14(10-17)6-8-16/h5-8,13,15,19H,4,9,11-12H2,1-3H3. The lowest BCUT2D eigenvalue weighted by Crippen LogP contribution is -2.40. The first kappa shape index (κ1) is 16.5. The van der Waals surface area contributed by atoms with Crippen LogP contribution in [-0.4, -0.2) is 41.8 Å². The highest BCUT2D eigenvalue weighted by atomic mass is 16.5. The van der Waals surface area contributed by atoms with E-state index in [1.165, 1.54) is 0 Å². The molecule has 1 rings (SSSR count). The fourth-order valence-electron chi connectivity index (χ4n) is 1.99. The predicted molar refractivity (Wildman–Crippen MR) is 79.7 cm³/mol. The van der Waals surface area contributed by atoms with Crippen LogP contribution in [0.4, 0.5) is 0 Å². The minimum atomic E-state index is -0.514. The second-order valence-electron chi connectivity index (χ2n) is 5.19. The zero-order chi connectivity index (χ0) is 15.0. The van der Waals surface area contributed by atoms with Gasteiger partial charge >= 0.3 is 0 Å². The van der Waals surface area contributed by atoms with Crippen LogP contribution in [0, 0.1) is 11.3 Å². The fourth-order valence-corrected chi connectivity index (χ4v) is 1.99. The van der Waals surface area contributed by atoms with E-state index in [1.807, 2.05) is 0 Å². The van der Waals surface area contributed by atoms with Gasteiger partial charge in [0, 0.05) is 12.6 Å². The molecule has 4 nitrogen and oxygen atoms in total. The lowest BCUT2D eigenvalue weighted by molar-refractivity contribution is 0.0575. The monoisotopic (exact) mass is 276 g/mol. The Balaban J connectivity index is 2.41. The van der Waals surface area contributed by atoms with Crippen LogP contribution in [0.5, 0.6) is 5.75 Å². The van der Waals surface area contributed by atoms with Crippen LogP contribution >= 0.6 is 0 Å². The Morgan fingerprint density at radius 3 is 2.45 bits per heavy atom. The summed E-state index contributed by atoms with van der Waals surface area (Å²) in [5, 5.41) is 18.8. The zero-order valence-corrected chi connectivity index (χ0v) is 12.5. The minimum absolute atomic E-state index is 0.263. The number of ether oxygens (including phenoxy) is 1. The predicted octanol–water partition coefficient (Wildman–Crippen LogP) is 2.42. The third-order valence-corrected chi connectivity index (χ3v) is 3.11. The summed E-state index contributed by atoms with van der Waals surface area (Å²) in [5.74, 6) is 0.676. The van der Waals surface area contributed by atoms with Gasteiger partial charge in [0.25, 0.3) is 0 Å². The van der Waals surface area contributed by atoms with Gasteiger partial charge in [-0.2, -0.15) is 5.26 Å². The molecule has 1 unspecified atom stereocenters. The lowest BCUT2D eigenvalue weighted by Gasteiger charge is -2.28. The molecule has 0 aromatic heterocycles. The van der Waals surface area contributed by atoms with Gasteiger partial charge in [-0.25, -0.2) is 0 Å². The molecule has 20 heavy (non-hydrogen) atoms. The SMILES string of the molecule is CCCN(CC(O)COc1ccc(C#N)cc1)C(C)C. The van der Waals surface area contributed by atoms with Gasteiger partial charge in [0.1, 0.15) is 18.5 Å². The van der Waals surface area contributed by atoms with E-state index < -0.39 is 6.10 Å². The highest BCUT2D eigenvalue weighted by Gasteiger charge is 2.14. The molecule has 1 aromatic rings. The molecule has 4 heteroatoms. The summed E-state index contributed by atoms with van der Waals surface area (Å²) in [6.07, 6.45) is 0.557. The van der Waals surface area contributed by atoms with Crippen molar-refractivity contribution in [2.24, 2.45) is 0 Å². The number of hydrogen-bond donors (Lipinski definition) is 1. The van der Waals surface area contributed by atoms with Crippen LogP contribution in [0.2, 0.25) is 0 Å². The molecule has 0 amide bonds.